The highest BCUT2D eigenvalue weighted by Crippen LogP contribution is 2.16. The Kier molecular flexibility index (Phi) is 5.40. The molecule has 1 amide bonds. The van der Waals surface area contributed by atoms with Gasteiger partial charge in [-0.1, -0.05) is 0 Å². The number of likely N-dealkylation sites (tertiary alicyclic amines) is 1. The Labute approximate surface area is 105 Å². The van der Waals surface area contributed by atoms with Gasteiger partial charge in [0.15, 0.2) is 0 Å². The summed E-state index contributed by atoms with van der Waals surface area (Å²) in [4.78, 5) is 13.1. The van der Waals surface area contributed by atoms with Crippen LogP contribution in [0.25, 0.3) is 0 Å². The minimum absolute atomic E-state index is 0.190. The first kappa shape index (κ1) is 14.5. The van der Waals surface area contributed by atoms with Gasteiger partial charge in [0.25, 0.3) is 0 Å². The SMILES string of the molecule is CC(C)(C)NCC1CCCN(CCC(N)=O)C1. The second kappa shape index (κ2) is 6.36. The van der Waals surface area contributed by atoms with Gasteiger partial charge in [-0.15, -0.1) is 0 Å². The van der Waals surface area contributed by atoms with E-state index >= 15 is 0 Å². The van der Waals surface area contributed by atoms with Crippen molar-refractivity contribution in [3.63, 3.8) is 0 Å². The van der Waals surface area contributed by atoms with E-state index in [1.165, 1.54) is 12.8 Å². The lowest BCUT2D eigenvalue weighted by Crippen LogP contribution is -2.45. The van der Waals surface area contributed by atoms with E-state index in [4.69, 9.17) is 5.73 Å². The van der Waals surface area contributed by atoms with Gasteiger partial charge >= 0.3 is 0 Å². The Morgan fingerprint density at radius 2 is 2.18 bits per heavy atom. The molecule has 0 aromatic heterocycles. The first-order chi connectivity index (χ1) is 7.87. The molecule has 1 atom stereocenters. The summed E-state index contributed by atoms with van der Waals surface area (Å²) < 4.78 is 0. The number of carbonyl (C=O) groups is 1. The molecule has 1 aliphatic heterocycles. The fourth-order valence-corrected chi connectivity index (χ4v) is 2.24. The van der Waals surface area contributed by atoms with E-state index < -0.39 is 0 Å². The number of nitrogens with one attached hydrogen (secondary N) is 1. The zero-order valence-electron chi connectivity index (χ0n) is 11.5. The standard InChI is InChI=1S/C13H27N3O/c1-13(2,3)15-9-11-5-4-7-16(10-11)8-6-12(14)17/h11,15H,4-10H2,1-3H3,(H2,14,17). The summed E-state index contributed by atoms with van der Waals surface area (Å²) in [6.07, 6.45) is 3.00. The molecule has 1 heterocycles. The zero-order chi connectivity index (χ0) is 12.9. The van der Waals surface area contributed by atoms with Gasteiger partial charge in [0.05, 0.1) is 0 Å². The van der Waals surface area contributed by atoms with Crippen LogP contribution in [0.3, 0.4) is 0 Å². The molecule has 0 bridgehead atoms. The van der Waals surface area contributed by atoms with E-state index in [0.717, 1.165) is 26.2 Å². The van der Waals surface area contributed by atoms with Crippen LogP contribution in [0.1, 0.15) is 40.0 Å². The highest BCUT2D eigenvalue weighted by Gasteiger charge is 2.21. The minimum Gasteiger partial charge on any atom is -0.370 e. The van der Waals surface area contributed by atoms with Crippen molar-refractivity contribution in [1.82, 2.24) is 10.2 Å². The quantitative estimate of drug-likeness (QED) is 0.754. The van der Waals surface area contributed by atoms with E-state index in [2.05, 4.69) is 31.0 Å². The van der Waals surface area contributed by atoms with Crippen molar-refractivity contribution in [2.24, 2.45) is 11.7 Å². The molecule has 0 aliphatic carbocycles. The lowest BCUT2D eigenvalue weighted by atomic mass is 9.96. The predicted octanol–water partition coefficient (Wildman–Crippen LogP) is 0.962. The third-order valence-corrected chi connectivity index (χ3v) is 3.20. The first-order valence-corrected chi connectivity index (χ1v) is 6.62. The zero-order valence-corrected chi connectivity index (χ0v) is 11.5. The number of hydrogen-bond acceptors (Lipinski definition) is 3. The Bertz CT molecular complexity index is 248. The number of piperidine rings is 1. The minimum atomic E-state index is -0.195. The van der Waals surface area contributed by atoms with Crippen LogP contribution in [0.15, 0.2) is 0 Å². The first-order valence-electron chi connectivity index (χ1n) is 6.62. The van der Waals surface area contributed by atoms with Crippen molar-refractivity contribution >= 4 is 5.91 Å². The number of nitrogens with two attached hydrogens (primary N) is 1. The Balaban J connectivity index is 2.26. The van der Waals surface area contributed by atoms with E-state index in [1.54, 1.807) is 0 Å². The highest BCUT2D eigenvalue weighted by atomic mass is 16.1. The maximum Gasteiger partial charge on any atom is 0.218 e. The monoisotopic (exact) mass is 241 g/mol. The van der Waals surface area contributed by atoms with Crippen LogP contribution >= 0.6 is 0 Å². The molecule has 1 fully saturated rings. The lowest BCUT2D eigenvalue weighted by Gasteiger charge is -2.34. The number of primary amides is 1. The van der Waals surface area contributed by atoms with Gasteiger partial charge in [0.1, 0.15) is 0 Å². The molecule has 0 aromatic carbocycles. The summed E-state index contributed by atoms with van der Waals surface area (Å²) in [5, 5.41) is 3.56. The highest BCUT2D eigenvalue weighted by molar-refractivity contribution is 5.73. The predicted molar refractivity (Wildman–Crippen MR) is 70.7 cm³/mol. The maximum atomic E-state index is 10.8. The molecule has 4 heteroatoms. The van der Waals surface area contributed by atoms with Crippen molar-refractivity contribution in [1.29, 1.82) is 0 Å². The number of amides is 1. The smallest absolute Gasteiger partial charge is 0.218 e. The van der Waals surface area contributed by atoms with Crippen LogP contribution in [0.5, 0.6) is 0 Å². The van der Waals surface area contributed by atoms with Crippen molar-refractivity contribution in [3.8, 4) is 0 Å². The van der Waals surface area contributed by atoms with Crippen LogP contribution in [-0.2, 0) is 4.79 Å². The topological polar surface area (TPSA) is 58.4 Å². The Morgan fingerprint density at radius 1 is 1.47 bits per heavy atom. The van der Waals surface area contributed by atoms with E-state index in [1.807, 2.05) is 0 Å². The Hall–Kier alpha value is -0.610. The average Bonchev–Trinajstić information content (AvgIpc) is 2.23. The summed E-state index contributed by atoms with van der Waals surface area (Å²) in [5.74, 6) is 0.510. The van der Waals surface area contributed by atoms with Crippen molar-refractivity contribution in [2.45, 2.75) is 45.6 Å². The van der Waals surface area contributed by atoms with Gasteiger partial charge in [0, 0.05) is 25.0 Å². The van der Waals surface area contributed by atoms with Crippen LogP contribution < -0.4 is 11.1 Å². The fourth-order valence-electron chi connectivity index (χ4n) is 2.24. The summed E-state index contributed by atoms with van der Waals surface area (Å²) >= 11 is 0. The van der Waals surface area contributed by atoms with E-state index in [0.29, 0.717) is 12.3 Å². The molecule has 4 nitrogen and oxygen atoms in total. The molecule has 3 N–H and O–H groups in total. The van der Waals surface area contributed by atoms with Gasteiger partial charge in [-0.05, 0) is 52.6 Å². The van der Waals surface area contributed by atoms with Crippen LogP contribution in [-0.4, -0.2) is 42.5 Å². The molecule has 17 heavy (non-hydrogen) atoms. The van der Waals surface area contributed by atoms with Gasteiger partial charge in [-0.25, -0.2) is 0 Å². The van der Waals surface area contributed by atoms with Crippen molar-refractivity contribution in [2.75, 3.05) is 26.2 Å². The summed E-state index contributed by atoms with van der Waals surface area (Å²) in [6.45, 7) is 10.7. The third-order valence-electron chi connectivity index (χ3n) is 3.20. The molecule has 100 valence electrons. The molecule has 0 spiro atoms. The molecule has 0 saturated carbocycles. The number of rotatable bonds is 5. The lowest BCUT2D eigenvalue weighted by molar-refractivity contribution is -0.118. The molecule has 1 rings (SSSR count). The van der Waals surface area contributed by atoms with Crippen molar-refractivity contribution < 1.29 is 4.79 Å². The largest absolute Gasteiger partial charge is 0.370 e. The molecular formula is C13H27N3O. The van der Waals surface area contributed by atoms with Crippen LogP contribution in [0.4, 0.5) is 0 Å². The molecule has 0 radical (unpaired) electrons. The summed E-state index contributed by atoms with van der Waals surface area (Å²) in [5.41, 5.74) is 5.37. The van der Waals surface area contributed by atoms with Crippen molar-refractivity contribution in [3.05, 3.63) is 0 Å². The molecular weight excluding hydrogens is 214 g/mol. The molecule has 1 unspecified atom stereocenters. The normalized spacial score (nSPS) is 22.6. The fraction of sp³-hybridized carbons (Fsp3) is 0.923. The second-order valence-corrected chi connectivity index (χ2v) is 6.16. The average molecular weight is 241 g/mol. The van der Waals surface area contributed by atoms with Crippen LogP contribution in [0, 0.1) is 5.92 Å². The van der Waals surface area contributed by atoms with Gasteiger partial charge in [0.2, 0.25) is 5.91 Å². The second-order valence-electron chi connectivity index (χ2n) is 6.16. The van der Waals surface area contributed by atoms with Crippen LogP contribution in [0.2, 0.25) is 0 Å². The van der Waals surface area contributed by atoms with E-state index in [9.17, 15) is 4.79 Å². The molecule has 0 aromatic rings. The number of nitrogens with zero attached hydrogens (tertiary/aromatic N) is 1. The number of hydrogen-bond donors (Lipinski definition) is 2. The summed E-state index contributed by atoms with van der Waals surface area (Å²) in [6, 6.07) is 0. The van der Waals surface area contributed by atoms with Gasteiger partial charge in [-0.3, -0.25) is 4.79 Å². The number of carbonyl (C=O) groups excluding carboxylic acids is 1. The third kappa shape index (κ3) is 6.64. The summed E-state index contributed by atoms with van der Waals surface area (Å²) in [7, 11) is 0. The van der Waals surface area contributed by atoms with Gasteiger partial charge in [-0.2, -0.15) is 0 Å². The molecule has 1 aliphatic rings. The maximum absolute atomic E-state index is 10.8. The molecule has 1 saturated heterocycles. The Morgan fingerprint density at radius 3 is 2.76 bits per heavy atom. The van der Waals surface area contributed by atoms with E-state index in [-0.39, 0.29) is 11.4 Å². The van der Waals surface area contributed by atoms with Gasteiger partial charge < -0.3 is 16.0 Å².